The lowest BCUT2D eigenvalue weighted by Gasteiger charge is -2.10. The van der Waals surface area contributed by atoms with Crippen LogP contribution in [-0.4, -0.2) is 11.5 Å². The third kappa shape index (κ3) is 3.17. The van der Waals surface area contributed by atoms with Crippen LogP contribution in [0.3, 0.4) is 0 Å². The van der Waals surface area contributed by atoms with Crippen molar-refractivity contribution in [2.24, 2.45) is 0 Å². The van der Waals surface area contributed by atoms with E-state index >= 15 is 0 Å². The van der Waals surface area contributed by atoms with Crippen LogP contribution in [0.15, 0.2) is 24.3 Å². The van der Waals surface area contributed by atoms with Crippen LogP contribution in [0.25, 0.3) is 11.3 Å². The van der Waals surface area contributed by atoms with E-state index in [9.17, 15) is 4.39 Å². The van der Waals surface area contributed by atoms with Crippen molar-refractivity contribution in [2.75, 3.05) is 11.9 Å². The van der Waals surface area contributed by atoms with Crippen LogP contribution in [-0.2, 0) is 0 Å². The number of anilines is 1. The molecule has 0 amide bonds. The summed E-state index contributed by atoms with van der Waals surface area (Å²) in [6.07, 6.45) is 0. The summed E-state index contributed by atoms with van der Waals surface area (Å²) in [5, 5.41) is 3.89. The number of benzene rings is 1. The second-order valence-electron chi connectivity index (χ2n) is 4.20. The van der Waals surface area contributed by atoms with E-state index in [4.69, 9.17) is 23.2 Å². The van der Waals surface area contributed by atoms with Gasteiger partial charge in [0, 0.05) is 12.1 Å². The molecule has 2 rings (SSSR count). The summed E-state index contributed by atoms with van der Waals surface area (Å²) < 4.78 is 13.5. The number of pyridine rings is 1. The molecule has 0 aliphatic carbocycles. The van der Waals surface area contributed by atoms with E-state index in [0.717, 1.165) is 5.56 Å². The Hall–Kier alpha value is -1.32. The molecule has 0 spiro atoms. The van der Waals surface area contributed by atoms with Gasteiger partial charge in [-0.3, -0.25) is 0 Å². The van der Waals surface area contributed by atoms with Gasteiger partial charge in [-0.1, -0.05) is 23.2 Å². The SMILES string of the molecule is CCNc1nc(-c2cc(C)cc(F)c2)c(Cl)cc1Cl. The quantitative estimate of drug-likeness (QED) is 0.868. The van der Waals surface area contributed by atoms with Crippen molar-refractivity contribution < 1.29 is 4.39 Å². The molecule has 1 N–H and O–H groups in total. The number of nitrogens with zero attached hydrogens (tertiary/aromatic N) is 1. The Kier molecular flexibility index (Phi) is 4.27. The summed E-state index contributed by atoms with van der Waals surface area (Å²) in [5.41, 5.74) is 1.97. The van der Waals surface area contributed by atoms with E-state index in [1.165, 1.54) is 12.1 Å². The van der Waals surface area contributed by atoms with E-state index < -0.39 is 0 Å². The van der Waals surface area contributed by atoms with Gasteiger partial charge in [0.1, 0.15) is 11.6 Å². The average Bonchev–Trinajstić information content (AvgIpc) is 2.31. The number of hydrogen-bond donors (Lipinski definition) is 1. The summed E-state index contributed by atoms with van der Waals surface area (Å²) in [6.45, 7) is 4.45. The van der Waals surface area contributed by atoms with Gasteiger partial charge in [0.25, 0.3) is 0 Å². The molecule has 0 radical (unpaired) electrons. The molecule has 0 aliphatic rings. The predicted molar refractivity (Wildman–Crippen MR) is 78.6 cm³/mol. The third-order valence-corrected chi connectivity index (χ3v) is 3.17. The highest BCUT2D eigenvalue weighted by molar-refractivity contribution is 6.37. The lowest BCUT2D eigenvalue weighted by Crippen LogP contribution is -2.01. The summed E-state index contributed by atoms with van der Waals surface area (Å²) >= 11 is 12.2. The second kappa shape index (κ2) is 5.76. The fourth-order valence-corrected chi connectivity index (χ4v) is 2.37. The fourth-order valence-electron chi connectivity index (χ4n) is 1.83. The summed E-state index contributed by atoms with van der Waals surface area (Å²) in [4.78, 5) is 4.37. The Balaban J connectivity index is 2.57. The number of halogens is 3. The van der Waals surface area contributed by atoms with Crippen molar-refractivity contribution in [3.8, 4) is 11.3 Å². The molecule has 5 heteroatoms. The molecule has 19 heavy (non-hydrogen) atoms. The Labute approximate surface area is 121 Å². The maximum absolute atomic E-state index is 13.5. The zero-order valence-corrected chi connectivity index (χ0v) is 12.1. The van der Waals surface area contributed by atoms with Crippen molar-refractivity contribution in [1.29, 1.82) is 0 Å². The first-order valence-corrected chi connectivity index (χ1v) is 6.64. The van der Waals surface area contributed by atoms with Crippen LogP contribution in [0.1, 0.15) is 12.5 Å². The molecule has 0 fully saturated rings. The van der Waals surface area contributed by atoms with Crippen molar-refractivity contribution in [2.45, 2.75) is 13.8 Å². The van der Waals surface area contributed by atoms with Crippen molar-refractivity contribution in [3.63, 3.8) is 0 Å². The molecule has 0 saturated heterocycles. The average molecular weight is 299 g/mol. The fraction of sp³-hybridized carbons (Fsp3) is 0.214. The van der Waals surface area contributed by atoms with E-state index in [-0.39, 0.29) is 5.82 Å². The van der Waals surface area contributed by atoms with Gasteiger partial charge in [0.2, 0.25) is 0 Å². The van der Waals surface area contributed by atoms with Crippen molar-refractivity contribution in [3.05, 3.63) is 45.7 Å². The molecule has 1 aromatic carbocycles. The molecule has 0 bridgehead atoms. The van der Waals surface area contributed by atoms with E-state index in [1.54, 1.807) is 6.07 Å². The minimum absolute atomic E-state index is 0.312. The molecule has 1 heterocycles. The summed E-state index contributed by atoms with van der Waals surface area (Å²) in [6, 6.07) is 6.31. The van der Waals surface area contributed by atoms with Crippen LogP contribution in [0.5, 0.6) is 0 Å². The number of aryl methyl sites for hydroxylation is 1. The lowest BCUT2D eigenvalue weighted by molar-refractivity contribution is 0.627. The Morgan fingerprint density at radius 1 is 1.16 bits per heavy atom. The molecule has 0 atom stereocenters. The van der Waals surface area contributed by atoms with E-state index in [2.05, 4.69) is 10.3 Å². The molecule has 0 aliphatic heterocycles. The summed E-state index contributed by atoms with van der Waals surface area (Å²) in [5.74, 6) is 0.235. The molecule has 100 valence electrons. The Morgan fingerprint density at radius 3 is 2.53 bits per heavy atom. The highest BCUT2D eigenvalue weighted by atomic mass is 35.5. The topological polar surface area (TPSA) is 24.9 Å². The van der Waals surface area contributed by atoms with Crippen LogP contribution in [0.4, 0.5) is 10.2 Å². The second-order valence-corrected chi connectivity index (χ2v) is 5.01. The first-order valence-electron chi connectivity index (χ1n) is 5.88. The first-order chi connectivity index (χ1) is 9.01. The zero-order chi connectivity index (χ0) is 14.0. The molecular formula is C14H13Cl2FN2. The number of hydrogen-bond acceptors (Lipinski definition) is 2. The van der Waals surface area contributed by atoms with Crippen LogP contribution in [0, 0.1) is 12.7 Å². The van der Waals surface area contributed by atoms with Crippen LogP contribution in [0.2, 0.25) is 10.0 Å². The van der Waals surface area contributed by atoms with Gasteiger partial charge < -0.3 is 5.32 Å². The van der Waals surface area contributed by atoms with Gasteiger partial charge in [0.15, 0.2) is 0 Å². The monoisotopic (exact) mass is 298 g/mol. The van der Waals surface area contributed by atoms with Gasteiger partial charge >= 0.3 is 0 Å². The minimum atomic E-state index is -0.312. The smallest absolute Gasteiger partial charge is 0.145 e. The van der Waals surface area contributed by atoms with Crippen LogP contribution < -0.4 is 5.32 Å². The summed E-state index contributed by atoms with van der Waals surface area (Å²) in [7, 11) is 0. The van der Waals surface area contributed by atoms with Gasteiger partial charge in [-0.2, -0.15) is 0 Å². The highest BCUT2D eigenvalue weighted by Gasteiger charge is 2.12. The first kappa shape index (κ1) is 14.1. The molecule has 2 aromatic rings. The maximum Gasteiger partial charge on any atom is 0.145 e. The predicted octanol–water partition coefficient (Wildman–Crippen LogP) is 4.93. The molecule has 1 aromatic heterocycles. The molecule has 2 nitrogen and oxygen atoms in total. The van der Waals surface area contributed by atoms with Gasteiger partial charge in [0.05, 0.1) is 15.7 Å². The number of nitrogens with one attached hydrogen (secondary N) is 1. The maximum atomic E-state index is 13.5. The Bertz CT molecular complexity index is 594. The van der Waals surface area contributed by atoms with Crippen molar-refractivity contribution >= 4 is 29.0 Å². The molecule has 0 saturated carbocycles. The Morgan fingerprint density at radius 2 is 1.89 bits per heavy atom. The number of rotatable bonds is 3. The van der Waals surface area contributed by atoms with Gasteiger partial charge in [-0.25, -0.2) is 9.37 Å². The standard InChI is InChI=1S/C14H13Cl2FN2/c1-3-18-14-12(16)7-11(15)13(19-14)9-4-8(2)5-10(17)6-9/h4-7H,3H2,1-2H3,(H,18,19). The molecule has 0 unspecified atom stereocenters. The third-order valence-electron chi connectivity index (χ3n) is 2.59. The molecular weight excluding hydrogens is 286 g/mol. The minimum Gasteiger partial charge on any atom is -0.369 e. The van der Waals surface area contributed by atoms with E-state index in [0.29, 0.717) is 33.7 Å². The van der Waals surface area contributed by atoms with Crippen LogP contribution >= 0.6 is 23.2 Å². The lowest BCUT2D eigenvalue weighted by atomic mass is 10.1. The largest absolute Gasteiger partial charge is 0.369 e. The zero-order valence-electron chi connectivity index (χ0n) is 10.6. The van der Waals surface area contributed by atoms with Crippen molar-refractivity contribution in [1.82, 2.24) is 4.98 Å². The van der Waals surface area contributed by atoms with Gasteiger partial charge in [-0.15, -0.1) is 0 Å². The van der Waals surface area contributed by atoms with Gasteiger partial charge in [-0.05, 0) is 43.7 Å². The number of aromatic nitrogens is 1. The van der Waals surface area contributed by atoms with E-state index in [1.807, 2.05) is 19.9 Å². The highest BCUT2D eigenvalue weighted by Crippen LogP contribution is 2.33. The normalized spacial score (nSPS) is 10.6.